The Morgan fingerprint density at radius 3 is 2.88 bits per heavy atom. The molecule has 0 unspecified atom stereocenters. The van der Waals surface area contributed by atoms with Gasteiger partial charge in [0, 0.05) is 43.4 Å². The molecule has 1 aromatic carbocycles. The number of allylic oxidation sites excluding steroid dienone is 2. The summed E-state index contributed by atoms with van der Waals surface area (Å²) in [4.78, 5) is 12.0. The van der Waals surface area contributed by atoms with Gasteiger partial charge in [-0.1, -0.05) is 11.6 Å². The normalized spacial score (nSPS) is 15.4. The van der Waals surface area contributed by atoms with Crippen molar-refractivity contribution in [1.82, 2.24) is 9.03 Å². The molecule has 0 saturated carbocycles. The first-order valence-electron chi connectivity index (χ1n) is 6.69. The monoisotopic (exact) mass is 570 g/mol. The van der Waals surface area contributed by atoms with Crippen molar-refractivity contribution in [3.63, 3.8) is 0 Å². The van der Waals surface area contributed by atoms with Crippen LogP contribution in [0.3, 0.4) is 0 Å². The van der Waals surface area contributed by atoms with Gasteiger partial charge in [0.15, 0.2) is 0 Å². The average Bonchev–Trinajstić information content (AvgIpc) is 3.02. The Bertz CT molecular complexity index is 899. The second kappa shape index (κ2) is 7.85. The minimum Gasteiger partial charge on any atom is -0.652 e. The number of sulfonamides is 1. The van der Waals surface area contributed by atoms with Gasteiger partial charge in [0.25, 0.3) is 10.0 Å². The number of hydrogen-bond acceptors (Lipinski definition) is 6. The Balaban J connectivity index is 0.00000225. The van der Waals surface area contributed by atoms with Gasteiger partial charge in [0.05, 0.1) is 29.4 Å². The molecule has 133 valence electrons. The van der Waals surface area contributed by atoms with Gasteiger partial charge in [-0.15, -0.1) is 7.05 Å². The molecule has 2 N–H and O–H groups in total. The summed E-state index contributed by atoms with van der Waals surface area (Å²) in [5.41, 5.74) is 0.701. The molecular formula is C14H12ClN4O3ReS2-. The third kappa shape index (κ3) is 4.05. The van der Waals surface area contributed by atoms with Gasteiger partial charge >= 0.3 is 0 Å². The molecule has 3 rings (SSSR count). The molecule has 7 nitrogen and oxygen atoms in total. The fourth-order valence-electron chi connectivity index (χ4n) is 2.17. The van der Waals surface area contributed by atoms with Crippen molar-refractivity contribution in [1.29, 1.82) is 0 Å². The van der Waals surface area contributed by atoms with Crippen molar-refractivity contribution in [2.75, 3.05) is 11.8 Å². The van der Waals surface area contributed by atoms with E-state index in [2.05, 4.69) is 14.8 Å². The van der Waals surface area contributed by atoms with Crippen LogP contribution in [0.5, 0.6) is 0 Å². The summed E-state index contributed by atoms with van der Waals surface area (Å²) in [6, 6.07) is 4.32. The quantitative estimate of drug-likeness (QED) is 0.542. The Hall–Kier alpha value is -1.44. The summed E-state index contributed by atoms with van der Waals surface area (Å²) < 4.78 is 32.5. The number of hydrogen-bond donors (Lipinski definition) is 2. The van der Waals surface area contributed by atoms with Gasteiger partial charge in [-0.05, 0) is 30.4 Å². The SMILES string of the molecule is C[N-]C(=O)c1ccc(Cl)cc1NS(=O)(=O)C1=CC=CN2SNC=C12.[Re]. The van der Waals surface area contributed by atoms with Gasteiger partial charge in [-0.3, -0.25) is 9.03 Å². The van der Waals surface area contributed by atoms with E-state index in [1.165, 1.54) is 43.5 Å². The van der Waals surface area contributed by atoms with E-state index in [9.17, 15) is 13.2 Å². The Morgan fingerprint density at radius 2 is 2.16 bits per heavy atom. The molecule has 1 amide bonds. The largest absolute Gasteiger partial charge is 0.652 e. The van der Waals surface area contributed by atoms with Crippen LogP contribution in [0.25, 0.3) is 5.32 Å². The first kappa shape index (κ1) is 19.9. The van der Waals surface area contributed by atoms with Crippen LogP contribution in [0.1, 0.15) is 10.4 Å². The van der Waals surface area contributed by atoms with Gasteiger partial charge in [-0.25, -0.2) is 8.42 Å². The number of rotatable bonds is 4. The summed E-state index contributed by atoms with van der Waals surface area (Å²) >= 11 is 7.18. The summed E-state index contributed by atoms with van der Waals surface area (Å²) in [7, 11) is -2.59. The van der Waals surface area contributed by atoms with Crippen LogP contribution < -0.4 is 9.44 Å². The number of fused-ring (bicyclic) bond motifs is 1. The molecule has 0 aliphatic carbocycles. The summed E-state index contributed by atoms with van der Waals surface area (Å²) in [6.45, 7) is 0. The molecule has 25 heavy (non-hydrogen) atoms. The molecule has 2 aliphatic heterocycles. The maximum Gasteiger partial charge on any atom is 0.264 e. The predicted octanol–water partition coefficient (Wildman–Crippen LogP) is 2.94. The zero-order valence-corrected chi connectivity index (χ0v) is 17.8. The van der Waals surface area contributed by atoms with E-state index in [0.29, 0.717) is 10.7 Å². The Kier molecular flexibility index (Phi) is 6.24. The number of carbonyl (C=O) groups is 1. The fourth-order valence-corrected chi connectivity index (χ4v) is 4.32. The van der Waals surface area contributed by atoms with Crippen molar-refractivity contribution in [2.45, 2.75) is 0 Å². The molecule has 0 spiro atoms. The molecule has 2 heterocycles. The van der Waals surface area contributed by atoms with E-state index in [1.54, 1.807) is 22.8 Å². The van der Waals surface area contributed by atoms with Gasteiger partial charge in [-0.2, -0.15) is 0 Å². The molecule has 2 aliphatic rings. The van der Waals surface area contributed by atoms with Crippen LogP contribution in [0.2, 0.25) is 5.02 Å². The number of halogens is 1. The van der Waals surface area contributed by atoms with E-state index < -0.39 is 15.9 Å². The van der Waals surface area contributed by atoms with Crippen LogP contribution in [-0.2, 0) is 30.4 Å². The number of benzene rings is 1. The van der Waals surface area contributed by atoms with Gasteiger partial charge < -0.3 is 14.8 Å². The van der Waals surface area contributed by atoms with Crippen LogP contribution in [-0.4, -0.2) is 25.7 Å². The molecule has 0 bridgehead atoms. The zero-order chi connectivity index (χ0) is 17.3. The number of carbonyl (C=O) groups excluding carboxylic acids is 1. The summed E-state index contributed by atoms with van der Waals surface area (Å²) in [5.74, 6) is -0.541. The van der Waals surface area contributed by atoms with Gasteiger partial charge in [0.1, 0.15) is 4.91 Å². The molecule has 0 saturated heterocycles. The van der Waals surface area contributed by atoms with Crippen LogP contribution in [0, 0.1) is 0 Å². The van der Waals surface area contributed by atoms with E-state index in [-0.39, 0.29) is 36.6 Å². The fraction of sp³-hybridized carbons (Fsp3) is 0.0714. The number of amides is 1. The van der Waals surface area contributed by atoms with Crippen LogP contribution in [0.15, 0.2) is 53.4 Å². The van der Waals surface area contributed by atoms with Crippen molar-refractivity contribution in [2.24, 2.45) is 0 Å². The number of nitrogens with zero attached hydrogens (tertiary/aromatic N) is 2. The smallest absolute Gasteiger partial charge is 0.264 e. The third-order valence-corrected chi connectivity index (χ3v) is 5.64. The standard InChI is InChI=1S/C14H13ClN4O3S2.Re/c1-16-14(20)10-5-4-9(15)7-11(10)18-24(21,22)13-3-2-6-19-12(13)8-17-23-19;/h2-8,17H,1H3,(H2,16,18,20);/p-1. The maximum absolute atomic E-state index is 12.8. The van der Waals surface area contributed by atoms with Crippen molar-refractivity contribution in [3.8, 4) is 0 Å². The maximum atomic E-state index is 12.8. The Morgan fingerprint density at radius 1 is 1.40 bits per heavy atom. The number of nitrogens with one attached hydrogen (secondary N) is 2. The van der Waals surface area contributed by atoms with E-state index in [1.807, 2.05) is 0 Å². The number of anilines is 1. The molecule has 1 radical (unpaired) electrons. The summed E-state index contributed by atoms with van der Waals surface area (Å²) in [6.07, 6.45) is 6.43. The second-order valence-corrected chi connectivity index (χ2v) is 7.66. The van der Waals surface area contributed by atoms with Crippen molar-refractivity contribution < 1.29 is 33.6 Å². The van der Waals surface area contributed by atoms with Crippen molar-refractivity contribution >= 4 is 45.4 Å². The van der Waals surface area contributed by atoms with E-state index in [4.69, 9.17) is 11.6 Å². The molecule has 0 atom stereocenters. The molecule has 0 fully saturated rings. The Labute approximate surface area is 168 Å². The third-order valence-electron chi connectivity index (χ3n) is 3.25. The van der Waals surface area contributed by atoms with Gasteiger partial charge in [0.2, 0.25) is 0 Å². The summed E-state index contributed by atoms with van der Waals surface area (Å²) in [5, 5.41) is 3.87. The van der Waals surface area contributed by atoms with E-state index >= 15 is 0 Å². The van der Waals surface area contributed by atoms with Crippen LogP contribution in [0.4, 0.5) is 5.69 Å². The topological polar surface area (TPSA) is 92.6 Å². The van der Waals surface area contributed by atoms with Crippen LogP contribution >= 0.6 is 23.7 Å². The predicted molar refractivity (Wildman–Crippen MR) is 95.5 cm³/mol. The average molecular weight is 570 g/mol. The molecule has 1 aromatic rings. The first-order chi connectivity index (χ1) is 11.4. The minimum atomic E-state index is -3.93. The molecule has 0 aromatic heterocycles. The van der Waals surface area contributed by atoms with Crippen molar-refractivity contribution in [3.05, 3.63) is 69.3 Å². The zero-order valence-electron chi connectivity index (χ0n) is 12.7. The first-order valence-corrected chi connectivity index (χ1v) is 9.33. The second-order valence-electron chi connectivity index (χ2n) is 4.76. The molecule has 11 heteroatoms. The van der Waals surface area contributed by atoms with E-state index in [0.717, 1.165) is 0 Å². The minimum absolute atomic E-state index is 0. The molecular weight excluding hydrogens is 558 g/mol.